The van der Waals surface area contributed by atoms with E-state index >= 15 is 0 Å². The summed E-state index contributed by atoms with van der Waals surface area (Å²) in [6, 6.07) is 28.4. The first-order valence-electron chi connectivity index (χ1n) is 18.6. The Hall–Kier alpha value is -6.36. The molecule has 8 bridgehead atoms. The van der Waals surface area contributed by atoms with Gasteiger partial charge in [-0.15, -0.1) is 22.1 Å². The van der Waals surface area contributed by atoms with E-state index in [0.29, 0.717) is 89.4 Å². The summed E-state index contributed by atoms with van der Waals surface area (Å²) in [5.41, 5.74) is 6.28. The van der Waals surface area contributed by atoms with Gasteiger partial charge in [0.25, 0.3) is 40.5 Å². The zero-order chi connectivity index (χ0) is 45.3. The molecule has 0 fully saturated rings. The van der Waals surface area contributed by atoms with Gasteiger partial charge in [0.15, 0.2) is 0 Å². The smallest absolute Gasteiger partial charge is 0.294 e. The van der Waals surface area contributed by atoms with Crippen molar-refractivity contribution in [2.45, 2.75) is 19.6 Å². The van der Waals surface area contributed by atoms with Crippen LogP contribution in [0.25, 0.3) is 90.9 Å². The van der Waals surface area contributed by atoms with Crippen molar-refractivity contribution < 1.29 is 69.0 Å². The fourth-order valence-electron chi connectivity index (χ4n) is 7.44. The normalized spacial score (nSPS) is 12.9. The molecule has 0 saturated carbocycles. The standard InChI is InChI=1S/C44H28N4O12S4.Cu/c49-61(50,51)29-9-1-25(2-10-29)41-33-17-19-35(45-33)42(26-3-11-30(12-4-26)62(52,53)54)37-21-23-39(47-37)44(28-7-15-32(16-8-28)64(58,59)60)40-24-22-38(48-40)43(36-20-18-34(41)46-36)27-5-13-31(14-6-27)63(55,56)57;/h1-24H,(H,49,50,51)(H,52,53,54)(H,55,56,57)(H,58,59,60);/q-2;. The SMILES string of the molecule is O=S(=O)(O)c1ccc(-c2c3nc(c(-c4ccc(S(=O)(=O)O)cc4)c4ccc([n-]4)c(-c4ccc(S(=O)(=O)O)cc4)c4nc(c(-c5ccc(S(=O)(=O)O)cc5)c5ccc2[n-]5)C=C4)C=C3)cc1.[Cu]. The van der Waals surface area contributed by atoms with E-state index in [4.69, 9.17) is 19.9 Å². The van der Waals surface area contributed by atoms with Gasteiger partial charge >= 0.3 is 0 Å². The van der Waals surface area contributed by atoms with Gasteiger partial charge in [0.2, 0.25) is 0 Å². The maximum Gasteiger partial charge on any atom is 0.294 e. The Morgan fingerprint density at radius 1 is 0.308 bits per heavy atom. The van der Waals surface area contributed by atoms with Gasteiger partial charge in [0, 0.05) is 17.1 Å². The Morgan fingerprint density at radius 2 is 0.492 bits per heavy atom. The molecule has 0 aliphatic carbocycles. The van der Waals surface area contributed by atoms with Crippen LogP contribution < -0.4 is 9.97 Å². The first-order valence-corrected chi connectivity index (χ1v) is 24.4. The third kappa shape index (κ3) is 8.89. The average molecular weight is 997 g/mol. The van der Waals surface area contributed by atoms with Gasteiger partial charge in [0.05, 0.1) is 42.4 Å². The Kier molecular flexibility index (Phi) is 11.5. The van der Waals surface area contributed by atoms with Crippen LogP contribution in [0.1, 0.15) is 22.8 Å². The number of benzene rings is 4. The zero-order valence-electron chi connectivity index (χ0n) is 32.6. The molecule has 0 spiro atoms. The van der Waals surface area contributed by atoms with E-state index in [1.807, 2.05) is 0 Å². The Balaban J connectivity index is 0.00000576. The largest absolute Gasteiger partial charge is 0.657 e. The summed E-state index contributed by atoms with van der Waals surface area (Å²) in [4.78, 5) is 18.7. The summed E-state index contributed by atoms with van der Waals surface area (Å²) in [6.07, 6.45) is 6.79. The molecule has 2 aliphatic heterocycles. The Labute approximate surface area is 381 Å². The van der Waals surface area contributed by atoms with Crippen molar-refractivity contribution in [3.63, 3.8) is 0 Å². The first kappa shape index (κ1) is 45.2. The van der Waals surface area contributed by atoms with Crippen molar-refractivity contribution in [1.82, 2.24) is 19.9 Å². The van der Waals surface area contributed by atoms with Gasteiger partial charge in [-0.25, -0.2) is 9.97 Å². The molecule has 16 nitrogen and oxygen atoms in total. The second-order valence-electron chi connectivity index (χ2n) is 14.4. The predicted octanol–water partition coefficient (Wildman–Crippen LogP) is 7.57. The Bertz CT molecular complexity index is 3300. The van der Waals surface area contributed by atoms with Crippen molar-refractivity contribution in [3.8, 4) is 44.5 Å². The van der Waals surface area contributed by atoms with E-state index in [0.717, 1.165) is 0 Å². The summed E-state index contributed by atoms with van der Waals surface area (Å²) in [5, 5.41) is 0. The molecule has 4 N–H and O–H groups in total. The van der Waals surface area contributed by atoms with E-state index in [-0.39, 0.29) is 36.7 Å². The number of nitrogens with zero attached hydrogens (tertiary/aromatic N) is 4. The number of rotatable bonds is 8. The van der Waals surface area contributed by atoms with E-state index in [2.05, 4.69) is 0 Å². The van der Waals surface area contributed by atoms with Crippen molar-refractivity contribution in [3.05, 3.63) is 144 Å². The molecule has 21 heteroatoms. The quantitative estimate of drug-likeness (QED) is 0.0844. The van der Waals surface area contributed by atoms with Gasteiger partial charge in [-0.05, 0) is 117 Å². The summed E-state index contributed by atoms with van der Waals surface area (Å²) in [6.45, 7) is 0. The third-order valence-corrected chi connectivity index (χ3v) is 13.8. The maximum absolute atomic E-state index is 12.0. The molecule has 9 rings (SSSR count). The van der Waals surface area contributed by atoms with E-state index in [1.165, 1.54) is 97.1 Å². The molecule has 0 atom stereocenters. The molecule has 5 heterocycles. The van der Waals surface area contributed by atoms with Crippen LogP contribution in [-0.4, -0.2) is 61.9 Å². The van der Waals surface area contributed by atoms with Gasteiger partial charge in [0.1, 0.15) is 0 Å². The van der Waals surface area contributed by atoms with E-state index < -0.39 is 40.5 Å². The molecule has 65 heavy (non-hydrogen) atoms. The molecule has 333 valence electrons. The van der Waals surface area contributed by atoms with Crippen molar-refractivity contribution in [2.24, 2.45) is 0 Å². The molecule has 4 aromatic carbocycles. The fourth-order valence-corrected chi connectivity index (χ4v) is 9.36. The van der Waals surface area contributed by atoms with Crippen LogP contribution in [0.5, 0.6) is 0 Å². The van der Waals surface area contributed by atoms with Crippen LogP contribution in [0.4, 0.5) is 0 Å². The summed E-state index contributed by atoms with van der Waals surface area (Å²) in [5.74, 6) is 0. The van der Waals surface area contributed by atoms with Crippen LogP contribution in [0.2, 0.25) is 0 Å². The number of aromatic nitrogens is 4. The summed E-state index contributed by atoms with van der Waals surface area (Å²) >= 11 is 0. The topological polar surface area (TPSA) is 271 Å². The number of hydrogen-bond donors (Lipinski definition) is 4. The van der Waals surface area contributed by atoms with Crippen LogP contribution in [0.3, 0.4) is 0 Å². The molecule has 0 unspecified atom stereocenters. The zero-order valence-corrected chi connectivity index (χ0v) is 36.8. The summed E-state index contributed by atoms with van der Waals surface area (Å²) < 4.78 is 135. The second kappa shape index (κ2) is 16.6. The van der Waals surface area contributed by atoms with Crippen molar-refractivity contribution in [2.75, 3.05) is 0 Å². The minimum Gasteiger partial charge on any atom is -0.657 e. The minimum absolute atomic E-state index is 0. The summed E-state index contributed by atoms with van der Waals surface area (Å²) in [7, 11) is -18.2. The first-order chi connectivity index (χ1) is 30.2. The van der Waals surface area contributed by atoms with E-state index in [1.54, 1.807) is 48.6 Å². The number of fused-ring (bicyclic) bond motifs is 8. The molecule has 2 aliphatic rings. The van der Waals surface area contributed by atoms with Gasteiger partial charge in [-0.3, -0.25) is 18.2 Å². The maximum atomic E-state index is 12.0. The minimum atomic E-state index is -4.56. The van der Waals surface area contributed by atoms with Crippen molar-refractivity contribution in [1.29, 1.82) is 0 Å². The van der Waals surface area contributed by atoms with Crippen LogP contribution in [0.15, 0.2) is 141 Å². The Morgan fingerprint density at radius 3 is 0.662 bits per heavy atom. The third-order valence-electron chi connectivity index (χ3n) is 10.4. The van der Waals surface area contributed by atoms with E-state index in [9.17, 15) is 51.9 Å². The molecule has 1 radical (unpaired) electrons. The molecular weight excluding hydrogens is 968 g/mol. The van der Waals surface area contributed by atoms with Crippen LogP contribution in [0, 0.1) is 0 Å². The average Bonchev–Trinajstić information content (AvgIpc) is 4.08. The molecular formula is C44H28CuN4O12S4-2. The van der Waals surface area contributed by atoms with Gasteiger partial charge in [-0.1, -0.05) is 72.8 Å². The predicted molar refractivity (Wildman–Crippen MR) is 238 cm³/mol. The molecule has 3 aromatic heterocycles. The molecule has 0 amide bonds. The van der Waals surface area contributed by atoms with Crippen LogP contribution in [-0.2, 0) is 57.5 Å². The monoisotopic (exact) mass is 995 g/mol. The second-order valence-corrected chi connectivity index (χ2v) is 20.0. The van der Waals surface area contributed by atoms with Gasteiger partial charge in [-0.2, -0.15) is 33.7 Å². The van der Waals surface area contributed by atoms with Gasteiger partial charge < -0.3 is 9.97 Å². The molecule has 7 aromatic rings. The molecule has 0 saturated heterocycles. The van der Waals surface area contributed by atoms with Crippen LogP contribution >= 0.6 is 0 Å². The van der Waals surface area contributed by atoms with Crippen molar-refractivity contribution >= 4 is 86.8 Å². The fraction of sp³-hybridized carbons (Fsp3) is 0. The number of hydrogen-bond acceptors (Lipinski definition) is 10.